The number of fused-ring (bicyclic) bond motifs is 9. The molecule has 36 heavy (non-hydrogen) atoms. The van der Waals surface area contributed by atoms with E-state index >= 15 is 0 Å². The van der Waals surface area contributed by atoms with Crippen LogP contribution in [-0.2, 0) is 0 Å². The minimum atomic E-state index is 1.31. The van der Waals surface area contributed by atoms with E-state index in [9.17, 15) is 0 Å². The highest BCUT2D eigenvalue weighted by Gasteiger charge is 2.28. The van der Waals surface area contributed by atoms with E-state index in [-0.39, 0.29) is 0 Å². The molecule has 0 spiro atoms. The molecule has 0 radical (unpaired) electrons. The van der Waals surface area contributed by atoms with Gasteiger partial charge < -0.3 is 0 Å². The number of hydrogen-bond donors (Lipinski definition) is 0. The Morgan fingerprint density at radius 2 is 0.611 bits per heavy atom. The van der Waals surface area contributed by atoms with Crippen LogP contribution >= 0.6 is 0 Å². The van der Waals surface area contributed by atoms with Crippen LogP contribution in [0.4, 0.5) is 0 Å². The van der Waals surface area contributed by atoms with E-state index in [1.165, 1.54) is 98.4 Å². The van der Waals surface area contributed by atoms with Gasteiger partial charge in [-0.3, -0.25) is 0 Å². The Bertz CT molecular complexity index is 2140. The molecule has 0 saturated carbocycles. The van der Waals surface area contributed by atoms with E-state index in [4.69, 9.17) is 0 Å². The quantitative estimate of drug-likeness (QED) is 0.159. The fourth-order valence-electron chi connectivity index (χ4n) is 7.43. The second kappa shape index (κ2) is 5.75. The maximum atomic E-state index is 2.39. The van der Waals surface area contributed by atoms with E-state index in [2.05, 4.69) is 109 Å². The van der Waals surface area contributed by atoms with Crippen LogP contribution in [0.25, 0.3) is 98.4 Å². The zero-order valence-electron chi connectivity index (χ0n) is 19.4. The summed E-state index contributed by atoms with van der Waals surface area (Å²) >= 11 is 0. The number of benzene rings is 8. The van der Waals surface area contributed by atoms with Crippen LogP contribution in [0.2, 0.25) is 0 Å². The summed E-state index contributed by atoms with van der Waals surface area (Å²) < 4.78 is 0. The Labute approximate surface area is 207 Å². The largest absolute Gasteiger partial charge is 0.0616 e. The molecule has 0 aromatic heterocycles. The van der Waals surface area contributed by atoms with Crippen molar-refractivity contribution in [3.8, 4) is 44.5 Å². The molecule has 8 aromatic carbocycles. The van der Waals surface area contributed by atoms with Gasteiger partial charge >= 0.3 is 0 Å². The Kier molecular flexibility index (Phi) is 2.83. The van der Waals surface area contributed by atoms with Crippen molar-refractivity contribution in [3.05, 3.63) is 109 Å². The Hall–Kier alpha value is -4.68. The van der Waals surface area contributed by atoms with Crippen molar-refractivity contribution in [2.45, 2.75) is 0 Å². The van der Waals surface area contributed by atoms with Gasteiger partial charge in [0, 0.05) is 0 Å². The zero-order chi connectivity index (χ0) is 23.1. The average Bonchev–Trinajstić information content (AvgIpc) is 3.43. The molecule has 0 heterocycles. The third-order valence-electron chi connectivity index (χ3n) is 8.88. The molecule has 0 N–H and O–H groups in total. The fraction of sp³-hybridized carbons (Fsp3) is 0. The minimum absolute atomic E-state index is 1.31. The number of rotatable bonds is 0. The van der Waals surface area contributed by atoms with Gasteiger partial charge in [0.05, 0.1) is 0 Å². The van der Waals surface area contributed by atoms with E-state index < -0.39 is 0 Å². The highest BCUT2D eigenvalue weighted by molar-refractivity contribution is 6.39. The summed E-state index contributed by atoms with van der Waals surface area (Å²) in [6, 6.07) is 41.3. The predicted molar refractivity (Wildman–Crippen MR) is 154 cm³/mol. The summed E-state index contributed by atoms with van der Waals surface area (Å²) in [5, 5.41) is 13.8. The second-order valence-corrected chi connectivity index (χ2v) is 10.4. The van der Waals surface area contributed by atoms with Crippen LogP contribution in [0, 0.1) is 0 Å². The van der Waals surface area contributed by atoms with Crippen LogP contribution in [-0.4, -0.2) is 0 Å². The molecular weight excluding hydrogens is 432 g/mol. The lowest BCUT2D eigenvalue weighted by Gasteiger charge is -2.16. The van der Waals surface area contributed by atoms with Gasteiger partial charge in [-0.15, -0.1) is 0 Å². The monoisotopic (exact) mass is 450 g/mol. The van der Waals surface area contributed by atoms with Gasteiger partial charge in [0.2, 0.25) is 0 Å². The first-order chi connectivity index (χ1) is 17.9. The molecule has 0 nitrogen and oxygen atoms in total. The standard InChI is InChI=1S/C36H18/c1-2-6-20-18-32-30-16-14-28-26-12-10-24-22-8-4-3-7-21(22)23-9-11-25(34(26)33(23)24)27-13-15-29(36(30)35(27)28)31(32)17-19(20)5-1/h1-18H. The van der Waals surface area contributed by atoms with Crippen molar-refractivity contribution in [1.82, 2.24) is 0 Å². The molecule has 0 amide bonds. The van der Waals surface area contributed by atoms with Gasteiger partial charge in [-0.2, -0.15) is 0 Å². The van der Waals surface area contributed by atoms with E-state index in [1.54, 1.807) is 0 Å². The molecule has 0 saturated heterocycles. The number of hydrogen-bond acceptors (Lipinski definition) is 0. The third kappa shape index (κ3) is 1.83. The van der Waals surface area contributed by atoms with Gasteiger partial charge in [0.1, 0.15) is 0 Å². The molecule has 0 atom stereocenters. The highest BCUT2D eigenvalue weighted by Crippen LogP contribution is 2.55. The third-order valence-corrected chi connectivity index (χ3v) is 8.88. The van der Waals surface area contributed by atoms with Crippen molar-refractivity contribution in [3.63, 3.8) is 0 Å². The van der Waals surface area contributed by atoms with Crippen LogP contribution in [0.5, 0.6) is 0 Å². The fourth-order valence-corrected chi connectivity index (χ4v) is 7.43. The van der Waals surface area contributed by atoms with Gasteiger partial charge in [0.25, 0.3) is 0 Å². The van der Waals surface area contributed by atoms with Crippen LogP contribution in [0.1, 0.15) is 0 Å². The van der Waals surface area contributed by atoms with Gasteiger partial charge in [-0.05, 0) is 111 Å². The Morgan fingerprint density at radius 1 is 0.250 bits per heavy atom. The maximum absolute atomic E-state index is 2.39. The topological polar surface area (TPSA) is 0 Å². The molecule has 0 fully saturated rings. The molecular formula is C36H18. The molecule has 0 heteroatoms. The summed E-state index contributed by atoms with van der Waals surface area (Å²) in [4.78, 5) is 0. The van der Waals surface area contributed by atoms with Gasteiger partial charge in [0.15, 0.2) is 0 Å². The first-order valence-corrected chi connectivity index (χ1v) is 12.7. The normalized spacial score (nSPS) is 13.0. The van der Waals surface area contributed by atoms with E-state index in [0.717, 1.165) is 0 Å². The summed E-state index contributed by atoms with van der Waals surface area (Å²) in [6.07, 6.45) is 0. The molecule has 162 valence electrons. The lowest BCUT2D eigenvalue weighted by Crippen LogP contribution is -1.88. The predicted octanol–water partition coefficient (Wildman–Crippen LogP) is 10.2. The zero-order valence-corrected chi connectivity index (χ0v) is 19.4. The summed E-state index contributed by atoms with van der Waals surface area (Å²) in [5.41, 5.74) is 10.9. The van der Waals surface area contributed by atoms with Crippen LogP contribution in [0.15, 0.2) is 109 Å². The SMILES string of the molecule is c1ccc2c(c1)-c1ccc3c4ccc5c6c(ccc(c7ccc-2c1c37)c64)-c1cc2ccccc2cc1-5. The van der Waals surface area contributed by atoms with Crippen molar-refractivity contribution in [2.24, 2.45) is 0 Å². The molecule has 0 unspecified atom stereocenters. The van der Waals surface area contributed by atoms with Gasteiger partial charge in [-0.25, -0.2) is 0 Å². The smallest absolute Gasteiger partial charge is 0.00139 e. The van der Waals surface area contributed by atoms with Crippen molar-refractivity contribution >= 4 is 53.9 Å². The molecule has 10 rings (SSSR count). The van der Waals surface area contributed by atoms with Gasteiger partial charge in [-0.1, -0.05) is 97.1 Å². The molecule has 0 bridgehead atoms. The van der Waals surface area contributed by atoms with E-state index in [0.29, 0.717) is 0 Å². The Balaban J connectivity index is 1.41. The van der Waals surface area contributed by atoms with Crippen LogP contribution in [0.3, 0.4) is 0 Å². The van der Waals surface area contributed by atoms with E-state index in [1.807, 2.05) is 0 Å². The Morgan fingerprint density at radius 3 is 1.03 bits per heavy atom. The maximum Gasteiger partial charge on any atom is -0.00139 e. The lowest BCUT2D eigenvalue weighted by molar-refractivity contribution is 1.70. The molecule has 8 aromatic rings. The first-order valence-electron chi connectivity index (χ1n) is 12.7. The first kappa shape index (κ1) is 17.7. The molecule has 2 aliphatic rings. The average molecular weight is 451 g/mol. The molecule has 0 aliphatic heterocycles. The minimum Gasteiger partial charge on any atom is -0.0616 e. The summed E-state index contributed by atoms with van der Waals surface area (Å²) in [6.45, 7) is 0. The second-order valence-electron chi connectivity index (χ2n) is 10.4. The summed E-state index contributed by atoms with van der Waals surface area (Å²) in [7, 11) is 0. The summed E-state index contributed by atoms with van der Waals surface area (Å²) in [5.74, 6) is 0. The lowest BCUT2D eigenvalue weighted by atomic mass is 9.86. The van der Waals surface area contributed by atoms with Crippen molar-refractivity contribution in [2.75, 3.05) is 0 Å². The molecule has 2 aliphatic carbocycles. The van der Waals surface area contributed by atoms with Crippen molar-refractivity contribution in [1.29, 1.82) is 0 Å². The van der Waals surface area contributed by atoms with Crippen molar-refractivity contribution < 1.29 is 0 Å². The highest BCUT2D eigenvalue weighted by atomic mass is 14.3. The van der Waals surface area contributed by atoms with Crippen LogP contribution < -0.4 is 0 Å².